The van der Waals surface area contributed by atoms with Crippen LogP contribution in [0.25, 0.3) is 11.3 Å². The summed E-state index contributed by atoms with van der Waals surface area (Å²) >= 11 is 0. The van der Waals surface area contributed by atoms with Gasteiger partial charge in [0.2, 0.25) is 0 Å². The Hall–Kier alpha value is -1.97. The van der Waals surface area contributed by atoms with E-state index in [-0.39, 0.29) is 5.75 Å². The Morgan fingerprint density at radius 1 is 1.31 bits per heavy atom. The van der Waals surface area contributed by atoms with E-state index in [1.807, 2.05) is 0 Å². The number of anilines is 1. The van der Waals surface area contributed by atoms with Gasteiger partial charge >= 0.3 is 0 Å². The minimum Gasteiger partial charge on any atom is -0.507 e. The van der Waals surface area contributed by atoms with Crippen molar-refractivity contribution < 1.29 is 9.63 Å². The van der Waals surface area contributed by atoms with Crippen molar-refractivity contribution in [3.8, 4) is 17.1 Å². The molecule has 0 bridgehead atoms. The van der Waals surface area contributed by atoms with Crippen molar-refractivity contribution in [2.75, 3.05) is 5.73 Å². The molecule has 1 heterocycles. The van der Waals surface area contributed by atoms with E-state index >= 15 is 0 Å². The number of hydrogen-bond donors (Lipinski definition) is 2. The predicted molar refractivity (Wildman–Crippen MR) is 48.0 cm³/mol. The lowest BCUT2D eigenvalue weighted by atomic mass is 10.1. The molecule has 0 aliphatic heterocycles. The summed E-state index contributed by atoms with van der Waals surface area (Å²) in [5, 5.41) is 13.0. The monoisotopic (exact) mass is 176 g/mol. The van der Waals surface area contributed by atoms with Crippen molar-refractivity contribution in [2.45, 2.75) is 0 Å². The molecule has 0 spiro atoms. The van der Waals surface area contributed by atoms with Gasteiger partial charge in [0.15, 0.2) is 11.6 Å². The van der Waals surface area contributed by atoms with Crippen LogP contribution in [0.2, 0.25) is 0 Å². The number of para-hydroxylation sites is 1. The quantitative estimate of drug-likeness (QED) is 0.692. The predicted octanol–water partition coefficient (Wildman–Crippen LogP) is 1.63. The molecule has 0 saturated heterocycles. The summed E-state index contributed by atoms with van der Waals surface area (Å²) in [7, 11) is 0. The summed E-state index contributed by atoms with van der Waals surface area (Å²) in [6, 6.07) is 8.41. The van der Waals surface area contributed by atoms with Gasteiger partial charge in [0.05, 0.1) is 5.56 Å². The fourth-order valence-corrected chi connectivity index (χ4v) is 1.10. The Balaban J connectivity index is 2.52. The van der Waals surface area contributed by atoms with E-state index in [0.717, 1.165) is 0 Å². The zero-order valence-corrected chi connectivity index (χ0v) is 6.77. The van der Waals surface area contributed by atoms with Crippen LogP contribution in [0.1, 0.15) is 0 Å². The summed E-state index contributed by atoms with van der Waals surface area (Å²) in [6.45, 7) is 0. The van der Waals surface area contributed by atoms with Gasteiger partial charge in [-0.3, -0.25) is 0 Å². The standard InChI is InChI=1S/C9H8N2O2/c10-9-5-8(13-11-9)6-3-1-2-4-7(6)12/h1-5,12H,(H2,10,11). The number of rotatable bonds is 1. The summed E-state index contributed by atoms with van der Waals surface area (Å²) < 4.78 is 4.90. The molecule has 1 aromatic heterocycles. The SMILES string of the molecule is Nc1cc(-c2ccccc2O)on1. The largest absolute Gasteiger partial charge is 0.507 e. The molecule has 0 fully saturated rings. The van der Waals surface area contributed by atoms with Gasteiger partial charge in [0, 0.05) is 6.07 Å². The minimum atomic E-state index is 0.152. The normalized spacial score (nSPS) is 10.2. The van der Waals surface area contributed by atoms with Crippen molar-refractivity contribution in [2.24, 2.45) is 0 Å². The fraction of sp³-hybridized carbons (Fsp3) is 0. The van der Waals surface area contributed by atoms with E-state index in [4.69, 9.17) is 10.3 Å². The third-order valence-corrected chi connectivity index (χ3v) is 1.70. The first-order valence-corrected chi connectivity index (χ1v) is 3.78. The third kappa shape index (κ3) is 1.33. The molecule has 0 atom stereocenters. The number of hydrogen-bond acceptors (Lipinski definition) is 4. The Morgan fingerprint density at radius 2 is 2.08 bits per heavy atom. The molecule has 13 heavy (non-hydrogen) atoms. The Morgan fingerprint density at radius 3 is 2.69 bits per heavy atom. The highest BCUT2D eigenvalue weighted by molar-refractivity contribution is 5.66. The summed E-state index contributed by atoms with van der Waals surface area (Å²) in [5.41, 5.74) is 5.97. The van der Waals surface area contributed by atoms with E-state index < -0.39 is 0 Å². The van der Waals surface area contributed by atoms with Gasteiger partial charge in [-0.05, 0) is 12.1 Å². The Bertz CT molecular complexity index is 423. The van der Waals surface area contributed by atoms with Gasteiger partial charge in [-0.25, -0.2) is 0 Å². The van der Waals surface area contributed by atoms with Gasteiger partial charge in [-0.1, -0.05) is 17.3 Å². The number of benzene rings is 1. The second kappa shape index (κ2) is 2.82. The molecule has 2 rings (SSSR count). The van der Waals surface area contributed by atoms with Gasteiger partial charge < -0.3 is 15.4 Å². The van der Waals surface area contributed by atoms with Crippen LogP contribution >= 0.6 is 0 Å². The minimum absolute atomic E-state index is 0.152. The molecular formula is C9H8N2O2. The van der Waals surface area contributed by atoms with E-state index in [2.05, 4.69) is 5.16 Å². The molecule has 2 aromatic rings. The number of nitrogens with two attached hydrogens (primary N) is 1. The van der Waals surface area contributed by atoms with E-state index in [9.17, 15) is 5.11 Å². The zero-order chi connectivity index (χ0) is 9.26. The summed E-state index contributed by atoms with van der Waals surface area (Å²) in [4.78, 5) is 0. The van der Waals surface area contributed by atoms with Crippen molar-refractivity contribution in [1.82, 2.24) is 5.16 Å². The Kier molecular flexibility index (Phi) is 1.66. The Labute approximate surface area is 74.6 Å². The van der Waals surface area contributed by atoms with Gasteiger partial charge in [-0.15, -0.1) is 0 Å². The zero-order valence-electron chi connectivity index (χ0n) is 6.77. The smallest absolute Gasteiger partial charge is 0.172 e. The number of nitrogen functional groups attached to an aromatic ring is 1. The lowest BCUT2D eigenvalue weighted by molar-refractivity contribution is 0.429. The molecule has 0 amide bonds. The number of aromatic hydroxyl groups is 1. The molecule has 0 aliphatic rings. The molecule has 1 aromatic carbocycles. The average molecular weight is 176 g/mol. The summed E-state index contributed by atoms with van der Waals surface area (Å²) in [5.74, 6) is 0.924. The summed E-state index contributed by atoms with van der Waals surface area (Å²) in [6.07, 6.45) is 0. The number of phenols is 1. The highest BCUT2D eigenvalue weighted by Crippen LogP contribution is 2.29. The number of phenolic OH excluding ortho intramolecular Hbond substituents is 1. The number of nitrogens with zero attached hydrogens (tertiary/aromatic N) is 1. The molecule has 3 N–H and O–H groups in total. The van der Waals surface area contributed by atoms with Crippen LogP contribution in [-0.4, -0.2) is 10.3 Å². The third-order valence-electron chi connectivity index (χ3n) is 1.70. The van der Waals surface area contributed by atoms with Crippen LogP contribution in [0.4, 0.5) is 5.82 Å². The molecule has 66 valence electrons. The van der Waals surface area contributed by atoms with Crippen molar-refractivity contribution in [1.29, 1.82) is 0 Å². The number of aromatic nitrogens is 1. The van der Waals surface area contributed by atoms with Crippen LogP contribution in [0, 0.1) is 0 Å². The van der Waals surface area contributed by atoms with Crippen LogP contribution in [0.3, 0.4) is 0 Å². The first-order chi connectivity index (χ1) is 6.27. The lowest BCUT2D eigenvalue weighted by Crippen LogP contribution is -1.80. The van der Waals surface area contributed by atoms with Gasteiger partial charge in [0.1, 0.15) is 5.75 Å². The van der Waals surface area contributed by atoms with Crippen LogP contribution in [-0.2, 0) is 0 Å². The molecule has 4 nitrogen and oxygen atoms in total. The maximum absolute atomic E-state index is 9.44. The van der Waals surface area contributed by atoms with Gasteiger partial charge in [-0.2, -0.15) is 0 Å². The maximum atomic E-state index is 9.44. The molecule has 0 saturated carbocycles. The molecule has 4 heteroatoms. The van der Waals surface area contributed by atoms with E-state index in [1.54, 1.807) is 30.3 Å². The van der Waals surface area contributed by atoms with Gasteiger partial charge in [0.25, 0.3) is 0 Å². The van der Waals surface area contributed by atoms with Crippen molar-refractivity contribution in [3.05, 3.63) is 30.3 Å². The second-order valence-electron chi connectivity index (χ2n) is 2.63. The van der Waals surface area contributed by atoms with E-state index in [1.165, 1.54) is 0 Å². The van der Waals surface area contributed by atoms with Crippen molar-refractivity contribution in [3.63, 3.8) is 0 Å². The topological polar surface area (TPSA) is 72.3 Å². The van der Waals surface area contributed by atoms with Crippen LogP contribution in [0.15, 0.2) is 34.9 Å². The van der Waals surface area contributed by atoms with Crippen molar-refractivity contribution >= 4 is 5.82 Å². The fourth-order valence-electron chi connectivity index (χ4n) is 1.10. The van der Waals surface area contributed by atoms with Crippen LogP contribution < -0.4 is 5.73 Å². The molecule has 0 aliphatic carbocycles. The second-order valence-corrected chi connectivity index (χ2v) is 2.63. The first kappa shape index (κ1) is 7.67. The average Bonchev–Trinajstić information content (AvgIpc) is 2.53. The molecular weight excluding hydrogens is 168 g/mol. The van der Waals surface area contributed by atoms with E-state index in [0.29, 0.717) is 17.1 Å². The lowest BCUT2D eigenvalue weighted by Gasteiger charge is -1.97. The first-order valence-electron chi connectivity index (χ1n) is 3.78. The molecule has 0 radical (unpaired) electrons. The maximum Gasteiger partial charge on any atom is 0.172 e. The highest BCUT2D eigenvalue weighted by Gasteiger charge is 2.07. The molecule has 0 unspecified atom stereocenters. The van der Waals surface area contributed by atoms with Crippen LogP contribution in [0.5, 0.6) is 5.75 Å². The highest BCUT2D eigenvalue weighted by atomic mass is 16.5.